The van der Waals surface area contributed by atoms with Crippen LogP contribution in [0.15, 0.2) is 18.3 Å². The number of aromatic amines is 1. The number of hydrogen-bond donors (Lipinski definition) is 2. The molecule has 92 valence electrons. The van der Waals surface area contributed by atoms with E-state index in [1.54, 1.807) is 0 Å². The summed E-state index contributed by atoms with van der Waals surface area (Å²) in [5, 5.41) is 9.26. The molecule has 3 heteroatoms. The van der Waals surface area contributed by atoms with Crippen LogP contribution in [0, 0.1) is 11.8 Å². The molecule has 1 heterocycles. The third kappa shape index (κ3) is 4.37. The van der Waals surface area contributed by atoms with E-state index in [2.05, 4.69) is 36.8 Å². The van der Waals surface area contributed by atoms with Gasteiger partial charge in [0, 0.05) is 38.0 Å². The zero-order chi connectivity index (χ0) is 12.0. The summed E-state index contributed by atoms with van der Waals surface area (Å²) in [5.41, 5.74) is 1.27. The molecular weight excluding hydrogens is 200 g/mol. The van der Waals surface area contributed by atoms with Gasteiger partial charge in [0.15, 0.2) is 0 Å². The normalized spacial score (nSPS) is 13.6. The van der Waals surface area contributed by atoms with Gasteiger partial charge >= 0.3 is 0 Å². The van der Waals surface area contributed by atoms with Crippen LogP contribution in [-0.2, 0) is 6.42 Å². The van der Waals surface area contributed by atoms with Gasteiger partial charge in [-0.3, -0.25) is 0 Å². The lowest BCUT2D eigenvalue weighted by atomic mass is 9.96. The standard InChI is InChI=1S/C13H24N2O/c1-11(2)12(10-16)9-15(3)8-6-13-5-4-7-14-13/h4-5,7,11-12,14,16H,6,8-10H2,1-3H3. The lowest BCUT2D eigenvalue weighted by Gasteiger charge is -2.25. The van der Waals surface area contributed by atoms with Crippen molar-refractivity contribution >= 4 is 0 Å². The predicted octanol–water partition coefficient (Wildman–Crippen LogP) is 1.75. The van der Waals surface area contributed by atoms with Crippen molar-refractivity contribution in [1.82, 2.24) is 9.88 Å². The van der Waals surface area contributed by atoms with Crippen molar-refractivity contribution in [3.8, 4) is 0 Å². The Balaban J connectivity index is 2.27. The summed E-state index contributed by atoms with van der Waals surface area (Å²) in [6.07, 6.45) is 3.00. The molecule has 0 radical (unpaired) electrons. The van der Waals surface area contributed by atoms with Gasteiger partial charge in [0.05, 0.1) is 0 Å². The first-order valence-corrected chi connectivity index (χ1v) is 6.05. The van der Waals surface area contributed by atoms with Crippen LogP contribution >= 0.6 is 0 Å². The van der Waals surface area contributed by atoms with Crippen LogP contribution in [0.4, 0.5) is 0 Å². The zero-order valence-electron chi connectivity index (χ0n) is 10.6. The van der Waals surface area contributed by atoms with Crippen molar-refractivity contribution in [2.24, 2.45) is 11.8 Å². The van der Waals surface area contributed by atoms with Gasteiger partial charge in [-0.25, -0.2) is 0 Å². The highest BCUT2D eigenvalue weighted by Crippen LogP contribution is 2.11. The summed E-state index contributed by atoms with van der Waals surface area (Å²) in [6.45, 7) is 6.61. The minimum Gasteiger partial charge on any atom is -0.396 e. The number of aliphatic hydroxyl groups is 1. The van der Waals surface area contributed by atoms with E-state index < -0.39 is 0 Å². The Morgan fingerprint density at radius 1 is 1.44 bits per heavy atom. The third-order valence-corrected chi connectivity index (χ3v) is 3.15. The molecule has 3 nitrogen and oxygen atoms in total. The van der Waals surface area contributed by atoms with Crippen molar-refractivity contribution in [3.05, 3.63) is 24.0 Å². The molecule has 2 N–H and O–H groups in total. The number of likely N-dealkylation sites (N-methyl/N-ethyl adjacent to an activating group) is 1. The molecule has 0 amide bonds. The number of nitrogens with zero attached hydrogens (tertiary/aromatic N) is 1. The fourth-order valence-electron chi connectivity index (χ4n) is 1.81. The van der Waals surface area contributed by atoms with Crippen molar-refractivity contribution < 1.29 is 5.11 Å². The summed E-state index contributed by atoms with van der Waals surface area (Å²) in [4.78, 5) is 5.50. The molecule has 0 aliphatic carbocycles. The monoisotopic (exact) mass is 224 g/mol. The maximum atomic E-state index is 9.26. The molecule has 16 heavy (non-hydrogen) atoms. The molecule has 0 aliphatic heterocycles. The molecule has 0 saturated heterocycles. The van der Waals surface area contributed by atoms with E-state index in [1.165, 1.54) is 5.69 Å². The molecule has 1 aromatic heterocycles. The fraction of sp³-hybridized carbons (Fsp3) is 0.692. The van der Waals surface area contributed by atoms with E-state index in [0.717, 1.165) is 19.5 Å². The number of rotatable bonds is 7. The number of hydrogen-bond acceptors (Lipinski definition) is 2. The molecule has 1 rings (SSSR count). The highest BCUT2D eigenvalue weighted by Gasteiger charge is 2.14. The van der Waals surface area contributed by atoms with E-state index in [9.17, 15) is 5.11 Å². The quantitative estimate of drug-likeness (QED) is 0.740. The maximum Gasteiger partial charge on any atom is 0.0473 e. The number of aliphatic hydroxyl groups excluding tert-OH is 1. The maximum absolute atomic E-state index is 9.26. The largest absolute Gasteiger partial charge is 0.396 e. The predicted molar refractivity (Wildman–Crippen MR) is 67.4 cm³/mol. The first-order chi connectivity index (χ1) is 7.63. The number of H-pyrrole nitrogens is 1. The Morgan fingerprint density at radius 2 is 2.19 bits per heavy atom. The Hall–Kier alpha value is -0.800. The first kappa shape index (κ1) is 13.3. The molecule has 0 spiro atoms. The number of nitrogens with one attached hydrogen (secondary N) is 1. The van der Waals surface area contributed by atoms with Gasteiger partial charge in [-0.2, -0.15) is 0 Å². The van der Waals surface area contributed by atoms with Crippen LogP contribution in [0.25, 0.3) is 0 Å². The Labute approximate surface area is 98.5 Å². The van der Waals surface area contributed by atoms with Gasteiger partial charge in [-0.15, -0.1) is 0 Å². The first-order valence-electron chi connectivity index (χ1n) is 6.05. The molecule has 0 bridgehead atoms. The lowest BCUT2D eigenvalue weighted by molar-refractivity contribution is 0.147. The van der Waals surface area contributed by atoms with Crippen molar-refractivity contribution in [3.63, 3.8) is 0 Å². The SMILES string of the molecule is CC(C)C(CO)CN(C)CCc1ccc[nH]1. The summed E-state index contributed by atoms with van der Waals surface area (Å²) in [6, 6.07) is 4.14. The van der Waals surface area contributed by atoms with Gasteiger partial charge in [0.2, 0.25) is 0 Å². The molecule has 0 fully saturated rings. The second-order valence-corrected chi connectivity index (χ2v) is 4.89. The van der Waals surface area contributed by atoms with E-state index in [4.69, 9.17) is 0 Å². The van der Waals surface area contributed by atoms with Crippen LogP contribution in [0.1, 0.15) is 19.5 Å². The van der Waals surface area contributed by atoms with E-state index in [-0.39, 0.29) is 6.61 Å². The molecule has 0 aliphatic rings. The molecule has 1 atom stereocenters. The van der Waals surface area contributed by atoms with Gasteiger partial charge in [-0.1, -0.05) is 13.8 Å². The van der Waals surface area contributed by atoms with Crippen LogP contribution in [0.2, 0.25) is 0 Å². The van der Waals surface area contributed by atoms with Crippen LogP contribution in [0.3, 0.4) is 0 Å². The lowest BCUT2D eigenvalue weighted by Crippen LogP contribution is -2.32. The van der Waals surface area contributed by atoms with E-state index in [0.29, 0.717) is 11.8 Å². The van der Waals surface area contributed by atoms with Crippen molar-refractivity contribution in [2.75, 3.05) is 26.7 Å². The minimum atomic E-state index is 0.282. The van der Waals surface area contributed by atoms with Gasteiger partial charge in [0.1, 0.15) is 0 Å². The van der Waals surface area contributed by atoms with Gasteiger partial charge < -0.3 is 15.0 Å². The molecule has 0 aromatic carbocycles. The minimum absolute atomic E-state index is 0.282. The van der Waals surface area contributed by atoms with Gasteiger partial charge in [0.25, 0.3) is 0 Å². The Morgan fingerprint density at radius 3 is 2.69 bits per heavy atom. The topological polar surface area (TPSA) is 39.3 Å². The molecule has 1 aromatic rings. The zero-order valence-corrected chi connectivity index (χ0v) is 10.6. The van der Waals surface area contributed by atoms with Crippen LogP contribution in [0.5, 0.6) is 0 Å². The van der Waals surface area contributed by atoms with Gasteiger partial charge in [-0.05, 0) is 31.0 Å². The van der Waals surface area contributed by atoms with Crippen LogP contribution < -0.4 is 0 Å². The second-order valence-electron chi connectivity index (χ2n) is 4.89. The summed E-state index contributed by atoms with van der Waals surface area (Å²) in [5.74, 6) is 0.923. The third-order valence-electron chi connectivity index (χ3n) is 3.15. The molecule has 0 saturated carbocycles. The van der Waals surface area contributed by atoms with Crippen LogP contribution in [-0.4, -0.2) is 41.7 Å². The highest BCUT2D eigenvalue weighted by molar-refractivity contribution is 5.03. The summed E-state index contributed by atoms with van der Waals surface area (Å²) < 4.78 is 0. The van der Waals surface area contributed by atoms with Crippen molar-refractivity contribution in [2.45, 2.75) is 20.3 Å². The Bertz CT molecular complexity index is 269. The van der Waals surface area contributed by atoms with Crippen molar-refractivity contribution in [1.29, 1.82) is 0 Å². The number of aromatic nitrogens is 1. The molecule has 1 unspecified atom stereocenters. The summed E-state index contributed by atoms with van der Waals surface area (Å²) in [7, 11) is 2.12. The average molecular weight is 224 g/mol. The highest BCUT2D eigenvalue weighted by atomic mass is 16.3. The Kier molecular flexibility index (Phi) is 5.56. The smallest absolute Gasteiger partial charge is 0.0473 e. The second kappa shape index (κ2) is 6.71. The van der Waals surface area contributed by atoms with E-state index in [1.807, 2.05) is 12.3 Å². The summed E-state index contributed by atoms with van der Waals surface area (Å²) >= 11 is 0. The fourth-order valence-corrected chi connectivity index (χ4v) is 1.81. The van der Waals surface area contributed by atoms with E-state index >= 15 is 0 Å². The molecular formula is C13H24N2O. The average Bonchev–Trinajstić information content (AvgIpc) is 2.75.